The summed E-state index contributed by atoms with van der Waals surface area (Å²) in [7, 11) is 0. The van der Waals surface area contributed by atoms with Crippen LogP contribution in [0.2, 0.25) is 0 Å². The molecule has 1 rings (SSSR count). The average Bonchev–Trinajstić information content (AvgIpc) is 2.08. The molecule has 0 aromatic heterocycles. The number of Topliss-reactive ketones (excluding diaryl/α,β-unsaturated/α-hetero) is 1. The van der Waals surface area contributed by atoms with E-state index in [1.54, 1.807) is 19.1 Å². The first-order chi connectivity index (χ1) is 6.91. The fourth-order valence-electron chi connectivity index (χ4n) is 1.29. The van der Waals surface area contributed by atoms with Gasteiger partial charge in [-0.05, 0) is 31.5 Å². The summed E-state index contributed by atoms with van der Waals surface area (Å²) in [6.45, 7) is 3.14. The molecule has 0 aliphatic rings. The molecule has 0 saturated carbocycles. The third kappa shape index (κ3) is 2.79. The minimum Gasteiger partial charge on any atom is -0.465 e. The summed E-state index contributed by atoms with van der Waals surface area (Å²) in [6.07, 6.45) is -1.18. The monoisotopic (exact) mass is 271 g/mol. The highest BCUT2D eigenvalue weighted by atomic mass is 79.9. The number of benzene rings is 1. The Morgan fingerprint density at radius 2 is 2.00 bits per heavy atom. The molecule has 0 radical (unpaired) electrons. The molecule has 0 unspecified atom stereocenters. The van der Waals surface area contributed by atoms with Gasteiger partial charge < -0.3 is 5.11 Å². The lowest BCUT2D eigenvalue weighted by Gasteiger charge is -2.10. The quantitative estimate of drug-likeness (QED) is 0.813. The van der Waals surface area contributed by atoms with Gasteiger partial charge in [-0.25, -0.2) is 4.79 Å². The van der Waals surface area contributed by atoms with Crippen molar-refractivity contribution in [3.63, 3.8) is 0 Å². The van der Waals surface area contributed by atoms with Gasteiger partial charge in [-0.1, -0.05) is 15.9 Å². The molecule has 15 heavy (non-hydrogen) atoms. The molecule has 1 amide bonds. The van der Waals surface area contributed by atoms with Crippen LogP contribution in [-0.4, -0.2) is 17.0 Å². The highest BCUT2D eigenvalue weighted by Gasteiger charge is 2.13. The number of carbonyl (C=O) groups is 2. The predicted octanol–water partition coefficient (Wildman–Crippen LogP) is 3.05. The van der Waals surface area contributed by atoms with Crippen molar-refractivity contribution in [3.05, 3.63) is 27.7 Å². The molecule has 0 fully saturated rings. The number of carbonyl (C=O) groups excluding carboxylic acids is 1. The third-order valence-electron chi connectivity index (χ3n) is 1.91. The normalized spacial score (nSPS) is 9.80. The smallest absolute Gasteiger partial charge is 0.409 e. The molecule has 0 aliphatic carbocycles. The molecule has 0 bridgehead atoms. The molecule has 80 valence electrons. The lowest BCUT2D eigenvalue weighted by atomic mass is 10.1. The van der Waals surface area contributed by atoms with Crippen molar-refractivity contribution in [2.45, 2.75) is 13.8 Å². The zero-order valence-corrected chi connectivity index (χ0v) is 9.88. The first kappa shape index (κ1) is 11.7. The van der Waals surface area contributed by atoms with Gasteiger partial charge in [0.05, 0.1) is 5.69 Å². The van der Waals surface area contributed by atoms with Crippen molar-refractivity contribution >= 4 is 33.5 Å². The molecular formula is C10H10BrNO3. The van der Waals surface area contributed by atoms with Crippen molar-refractivity contribution in [1.82, 2.24) is 0 Å². The second kappa shape index (κ2) is 4.44. The zero-order chi connectivity index (χ0) is 11.6. The number of aryl methyl sites for hydroxylation is 1. The van der Waals surface area contributed by atoms with Crippen LogP contribution >= 0.6 is 15.9 Å². The molecule has 4 nitrogen and oxygen atoms in total. The summed E-state index contributed by atoms with van der Waals surface area (Å²) in [6, 6.07) is 3.35. The highest BCUT2D eigenvalue weighted by molar-refractivity contribution is 9.10. The number of halogens is 1. The summed E-state index contributed by atoms with van der Waals surface area (Å²) in [4.78, 5) is 21.8. The van der Waals surface area contributed by atoms with Crippen LogP contribution in [-0.2, 0) is 0 Å². The van der Waals surface area contributed by atoms with E-state index in [2.05, 4.69) is 21.2 Å². The van der Waals surface area contributed by atoms with E-state index in [9.17, 15) is 9.59 Å². The fourth-order valence-corrected chi connectivity index (χ4v) is 1.87. The summed E-state index contributed by atoms with van der Waals surface area (Å²) in [5, 5.41) is 10.9. The van der Waals surface area contributed by atoms with Gasteiger partial charge in [0.2, 0.25) is 0 Å². The van der Waals surface area contributed by atoms with Gasteiger partial charge in [-0.2, -0.15) is 0 Å². The minimum atomic E-state index is -1.18. The Bertz CT molecular complexity index is 429. The lowest BCUT2D eigenvalue weighted by molar-refractivity contribution is 0.101. The second-order valence-corrected chi connectivity index (χ2v) is 4.05. The van der Waals surface area contributed by atoms with Crippen LogP contribution in [0, 0.1) is 6.92 Å². The van der Waals surface area contributed by atoms with Gasteiger partial charge in [-0.3, -0.25) is 10.1 Å². The molecule has 1 aromatic carbocycles. The molecule has 0 spiro atoms. The summed E-state index contributed by atoms with van der Waals surface area (Å²) < 4.78 is 0.751. The Morgan fingerprint density at radius 3 is 2.47 bits per heavy atom. The van der Waals surface area contributed by atoms with Gasteiger partial charge in [0.25, 0.3) is 0 Å². The first-order valence-electron chi connectivity index (χ1n) is 4.23. The highest BCUT2D eigenvalue weighted by Crippen LogP contribution is 2.26. The van der Waals surface area contributed by atoms with Gasteiger partial charge in [0.1, 0.15) is 0 Å². The van der Waals surface area contributed by atoms with E-state index in [-0.39, 0.29) is 5.78 Å². The number of ketones is 1. The number of anilines is 1. The maximum absolute atomic E-state index is 11.3. The van der Waals surface area contributed by atoms with E-state index in [0.717, 1.165) is 4.47 Å². The van der Waals surface area contributed by atoms with E-state index < -0.39 is 6.09 Å². The molecule has 2 N–H and O–H groups in total. The van der Waals surface area contributed by atoms with Gasteiger partial charge >= 0.3 is 6.09 Å². The maximum Gasteiger partial charge on any atom is 0.409 e. The van der Waals surface area contributed by atoms with E-state index in [1.165, 1.54) is 6.92 Å². The molecule has 0 heterocycles. The molecule has 5 heteroatoms. The molecular weight excluding hydrogens is 262 g/mol. The van der Waals surface area contributed by atoms with Gasteiger partial charge in [0.15, 0.2) is 5.78 Å². The Balaban J connectivity index is 3.33. The number of hydrogen-bond donors (Lipinski definition) is 2. The minimum absolute atomic E-state index is 0.178. The van der Waals surface area contributed by atoms with Crippen molar-refractivity contribution < 1.29 is 14.7 Å². The maximum atomic E-state index is 11.3. The Labute approximate surface area is 95.4 Å². The van der Waals surface area contributed by atoms with Crippen LogP contribution in [0.4, 0.5) is 10.5 Å². The lowest BCUT2D eigenvalue weighted by Crippen LogP contribution is -2.12. The number of carboxylic acid groups (broad SMARTS) is 1. The summed E-state index contributed by atoms with van der Waals surface area (Å²) in [5.41, 5.74) is 1.42. The van der Waals surface area contributed by atoms with Crippen LogP contribution in [0.1, 0.15) is 22.8 Å². The van der Waals surface area contributed by atoms with E-state index in [4.69, 9.17) is 5.11 Å². The molecule has 0 saturated heterocycles. The van der Waals surface area contributed by atoms with E-state index >= 15 is 0 Å². The number of amides is 1. The predicted molar refractivity (Wildman–Crippen MR) is 60.5 cm³/mol. The van der Waals surface area contributed by atoms with Crippen LogP contribution in [0.3, 0.4) is 0 Å². The van der Waals surface area contributed by atoms with Crippen LogP contribution in [0.25, 0.3) is 0 Å². The standard InChI is InChI=1S/C10H10BrNO3/c1-5-3-7(11)4-8(6(2)13)9(5)12-10(14)15/h3-4,12H,1-2H3,(H,14,15). The third-order valence-corrected chi connectivity index (χ3v) is 2.37. The fraction of sp³-hybridized carbons (Fsp3) is 0.200. The van der Waals surface area contributed by atoms with Crippen molar-refractivity contribution in [1.29, 1.82) is 0 Å². The molecule has 0 atom stereocenters. The van der Waals surface area contributed by atoms with Crippen molar-refractivity contribution in [2.75, 3.05) is 5.32 Å². The van der Waals surface area contributed by atoms with Gasteiger partial charge in [0, 0.05) is 10.0 Å². The second-order valence-electron chi connectivity index (χ2n) is 3.13. The van der Waals surface area contributed by atoms with E-state index in [0.29, 0.717) is 16.8 Å². The zero-order valence-electron chi connectivity index (χ0n) is 8.30. The van der Waals surface area contributed by atoms with Gasteiger partial charge in [-0.15, -0.1) is 0 Å². The first-order valence-corrected chi connectivity index (χ1v) is 5.02. The topological polar surface area (TPSA) is 66.4 Å². The SMILES string of the molecule is CC(=O)c1cc(Br)cc(C)c1NC(=O)O. The van der Waals surface area contributed by atoms with Crippen molar-refractivity contribution in [2.24, 2.45) is 0 Å². The Hall–Kier alpha value is -1.36. The molecule has 0 aliphatic heterocycles. The van der Waals surface area contributed by atoms with Crippen LogP contribution in [0.15, 0.2) is 16.6 Å². The summed E-state index contributed by atoms with van der Waals surface area (Å²) >= 11 is 3.25. The number of nitrogens with one attached hydrogen (secondary N) is 1. The molecule has 1 aromatic rings. The average molecular weight is 272 g/mol. The Morgan fingerprint density at radius 1 is 1.40 bits per heavy atom. The number of rotatable bonds is 2. The van der Waals surface area contributed by atoms with E-state index in [1.807, 2.05) is 0 Å². The summed E-state index contributed by atoms with van der Waals surface area (Å²) in [5.74, 6) is -0.178. The Kier molecular flexibility index (Phi) is 3.47. The number of hydrogen-bond acceptors (Lipinski definition) is 2. The van der Waals surface area contributed by atoms with Crippen LogP contribution < -0.4 is 5.32 Å². The van der Waals surface area contributed by atoms with Crippen molar-refractivity contribution in [3.8, 4) is 0 Å². The van der Waals surface area contributed by atoms with Crippen LogP contribution in [0.5, 0.6) is 0 Å². The largest absolute Gasteiger partial charge is 0.465 e.